The summed E-state index contributed by atoms with van der Waals surface area (Å²) in [7, 11) is 0. The number of para-hydroxylation sites is 1. The number of benzene rings is 3. The molecular formula is C25H23ClN2O3. The van der Waals surface area contributed by atoms with Crippen LogP contribution in [0, 0.1) is 0 Å². The first kappa shape index (κ1) is 20.9. The van der Waals surface area contributed by atoms with E-state index in [9.17, 15) is 9.59 Å². The van der Waals surface area contributed by atoms with Gasteiger partial charge in [-0.15, -0.1) is 0 Å². The number of fused-ring (bicyclic) bond motifs is 1. The van der Waals surface area contributed by atoms with Crippen molar-refractivity contribution in [1.29, 1.82) is 0 Å². The monoisotopic (exact) mass is 434 g/mol. The van der Waals surface area contributed by atoms with Crippen LogP contribution in [0.5, 0.6) is 5.75 Å². The summed E-state index contributed by atoms with van der Waals surface area (Å²) in [5, 5.41) is 5.21. The molecule has 1 atom stereocenters. The minimum Gasteiger partial charge on any atom is -0.484 e. The molecule has 5 nitrogen and oxygen atoms in total. The lowest BCUT2D eigenvalue weighted by Crippen LogP contribution is -2.47. The lowest BCUT2D eigenvalue weighted by molar-refractivity contribution is -0.139. The average molecular weight is 435 g/mol. The van der Waals surface area contributed by atoms with Crippen LogP contribution in [0.25, 0.3) is 10.8 Å². The van der Waals surface area contributed by atoms with E-state index in [0.717, 1.165) is 21.9 Å². The predicted molar refractivity (Wildman–Crippen MR) is 122 cm³/mol. The minimum absolute atomic E-state index is 0.132. The van der Waals surface area contributed by atoms with Crippen LogP contribution in [0.3, 0.4) is 0 Å². The number of nitrogens with zero attached hydrogens (tertiary/aromatic N) is 1. The zero-order valence-electron chi connectivity index (χ0n) is 17.0. The van der Waals surface area contributed by atoms with Gasteiger partial charge >= 0.3 is 0 Å². The predicted octanol–water partition coefficient (Wildman–Crippen LogP) is 4.26. The van der Waals surface area contributed by atoms with Crippen molar-refractivity contribution >= 4 is 34.2 Å². The van der Waals surface area contributed by atoms with Crippen molar-refractivity contribution in [2.45, 2.75) is 19.0 Å². The molecule has 0 radical (unpaired) electrons. The van der Waals surface area contributed by atoms with Crippen LogP contribution in [0.1, 0.15) is 12.0 Å². The molecule has 3 aromatic carbocycles. The van der Waals surface area contributed by atoms with Crippen LogP contribution >= 0.6 is 11.6 Å². The van der Waals surface area contributed by atoms with Gasteiger partial charge in [0.15, 0.2) is 6.61 Å². The molecule has 158 valence electrons. The molecule has 0 aromatic heterocycles. The number of hydrogen-bond acceptors (Lipinski definition) is 3. The maximum absolute atomic E-state index is 13.0. The maximum Gasteiger partial charge on any atom is 0.261 e. The van der Waals surface area contributed by atoms with E-state index >= 15 is 0 Å². The fourth-order valence-corrected chi connectivity index (χ4v) is 3.98. The Morgan fingerprint density at radius 3 is 2.58 bits per heavy atom. The van der Waals surface area contributed by atoms with Crippen molar-refractivity contribution in [3.05, 3.63) is 89.5 Å². The van der Waals surface area contributed by atoms with Gasteiger partial charge in [-0.3, -0.25) is 9.59 Å². The van der Waals surface area contributed by atoms with Crippen LogP contribution in [0.15, 0.2) is 83.9 Å². The third-order valence-corrected chi connectivity index (χ3v) is 5.73. The van der Waals surface area contributed by atoms with Crippen LogP contribution < -0.4 is 10.1 Å². The summed E-state index contributed by atoms with van der Waals surface area (Å²) in [5.74, 6) is 0.164. The van der Waals surface area contributed by atoms with Crippen molar-refractivity contribution in [2.24, 2.45) is 0 Å². The van der Waals surface area contributed by atoms with E-state index in [2.05, 4.69) is 5.32 Å². The standard InChI is InChI=1S/C25H23ClN2O3/c26-14-18-13-23(28(16-18)24(29)17-31-21-10-2-1-3-11-21)25(30)27-15-20-9-6-8-19-7-4-5-12-22(19)20/h1-12,14,23H,13,15-17H2,(H,27,30)/t23-/m0/s1. The number of ether oxygens (including phenoxy) is 1. The van der Waals surface area contributed by atoms with Gasteiger partial charge in [-0.2, -0.15) is 0 Å². The Balaban J connectivity index is 1.43. The zero-order chi connectivity index (χ0) is 21.6. The van der Waals surface area contributed by atoms with Crippen molar-refractivity contribution < 1.29 is 14.3 Å². The summed E-state index contributed by atoms with van der Waals surface area (Å²) < 4.78 is 5.58. The van der Waals surface area contributed by atoms with E-state index in [0.29, 0.717) is 25.3 Å². The van der Waals surface area contributed by atoms with Gasteiger partial charge < -0.3 is 15.0 Å². The molecule has 0 unspecified atom stereocenters. The fourth-order valence-electron chi connectivity index (χ4n) is 3.82. The Bertz CT molecular complexity index is 1110. The summed E-state index contributed by atoms with van der Waals surface area (Å²) in [6.45, 7) is 0.582. The lowest BCUT2D eigenvalue weighted by Gasteiger charge is -2.23. The summed E-state index contributed by atoms with van der Waals surface area (Å²) in [6.07, 6.45) is 0.419. The Morgan fingerprint density at radius 1 is 1.03 bits per heavy atom. The van der Waals surface area contributed by atoms with E-state index < -0.39 is 6.04 Å². The Hall–Kier alpha value is -3.31. The van der Waals surface area contributed by atoms with Crippen LogP contribution in [0.2, 0.25) is 0 Å². The van der Waals surface area contributed by atoms with Gasteiger partial charge in [0.05, 0.1) is 0 Å². The molecule has 1 N–H and O–H groups in total. The summed E-state index contributed by atoms with van der Waals surface area (Å²) in [4.78, 5) is 27.3. The topological polar surface area (TPSA) is 58.6 Å². The number of halogens is 1. The number of rotatable bonds is 6. The molecule has 31 heavy (non-hydrogen) atoms. The fraction of sp³-hybridized carbons (Fsp3) is 0.200. The molecule has 0 bridgehead atoms. The Kier molecular flexibility index (Phi) is 6.53. The molecule has 4 rings (SSSR count). The molecule has 1 aliphatic heterocycles. The second-order valence-electron chi connectivity index (χ2n) is 7.47. The van der Waals surface area contributed by atoms with Gasteiger partial charge in [0.25, 0.3) is 5.91 Å². The molecule has 1 aliphatic rings. The molecule has 3 aromatic rings. The number of carbonyl (C=O) groups excluding carboxylic acids is 2. The number of amides is 2. The number of nitrogens with one attached hydrogen (secondary N) is 1. The van der Waals surface area contributed by atoms with Crippen molar-refractivity contribution in [3.8, 4) is 5.75 Å². The van der Waals surface area contributed by atoms with Gasteiger partial charge in [0, 0.05) is 25.0 Å². The summed E-state index contributed by atoms with van der Waals surface area (Å²) in [6, 6.07) is 22.6. The molecule has 6 heteroatoms. The number of likely N-dealkylation sites (tertiary alicyclic amines) is 1. The SMILES string of the molecule is O=C(NCc1cccc2ccccc12)[C@@H]1CC(=CCl)CN1C(=O)COc1ccccc1. The second-order valence-corrected chi connectivity index (χ2v) is 7.68. The normalized spacial score (nSPS) is 17.1. The first-order valence-corrected chi connectivity index (χ1v) is 10.6. The van der Waals surface area contributed by atoms with Gasteiger partial charge in [0.2, 0.25) is 5.91 Å². The van der Waals surface area contributed by atoms with Gasteiger partial charge in [-0.1, -0.05) is 72.3 Å². The summed E-state index contributed by atoms with van der Waals surface area (Å²) >= 11 is 5.90. The highest BCUT2D eigenvalue weighted by atomic mass is 35.5. The van der Waals surface area contributed by atoms with Crippen LogP contribution in [0.4, 0.5) is 0 Å². The molecular weight excluding hydrogens is 412 g/mol. The van der Waals surface area contributed by atoms with E-state index in [1.807, 2.05) is 60.7 Å². The second kappa shape index (κ2) is 9.67. The molecule has 0 saturated carbocycles. The van der Waals surface area contributed by atoms with Gasteiger partial charge in [0.1, 0.15) is 11.8 Å². The van der Waals surface area contributed by atoms with Crippen LogP contribution in [-0.2, 0) is 16.1 Å². The Morgan fingerprint density at radius 2 is 1.77 bits per heavy atom. The highest BCUT2D eigenvalue weighted by Gasteiger charge is 2.36. The highest BCUT2D eigenvalue weighted by Crippen LogP contribution is 2.25. The maximum atomic E-state index is 13.0. The van der Waals surface area contributed by atoms with Gasteiger partial charge in [-0.05, 0) is 34.0 Å². The largest absolute Gasteiger partial charge is 0.484 e. The Labute approximate surface area is 186 Å². The smallest absolute Gasteiger partial charge is 0.261 e. The van der Waals surface area contributed by atoms with Crippen molar-refractivity contribution in [1.82, 2.24) is 10.2 Å². The highest BCUT2D eigenvalue weighted by molar-refractivity contribution is 6.25. The molecule has 0 aliphatic carbocycles. The van der Waals surface area contributed by atoms with E-state index in [1.165, 1.54) is 10.4 Å². The first-order chi connectivity index (χ1) is 15.2. The first-order valence-electron chi connectivity index (χ1n) is 10.2. The third-order valence-electron chi connectivity index (χ3n) is 5.42. The molecule has 0 spiro atoms. The van der Waals surface area contributed by atoms with E-state index in [-0.39, 0.29) is 18.4 Å². The number of carbonyl (C=O) groups is 2. The third kappa shape index (κ3) is 4.89. The lowest BCUT2D eigenvalue weighted by atomic mass is 10.0. The van der Waals surface area contributed by atoms with Gasteiger partial charge in [-0.25, -0.2) is 0 Å². The van der Waals surface area contributed by atoms with E-state index in [4.69, 9.17) is 16.3 Å². The van der Waals surface area contributed by atoms with Crippen molar-refractivity contribution in [2.75, 3.05) is 13.2 Å². The minimum atomic E-state index is -0.605. The van der Waals surface area contributed by atoms with E-state index in [1.54, 1.807) is 12.1 Å². The average Bonchev–Trinajstić information content (AvgIpc) is 3.26. The molecule has 1 heterocycles. The molecule has 2 amide bonds. The van der Waals surface area contributed by atoms with Crippen LogP contribution in [-0.4, -0.2) is 35.9 Å². The molecule has 1 saturated heterocycles. The number of hydrogen-bond donors (Lipinski definition) is 1. The zero-order valence-corrected chi connectivity index (χ0v) is 17.7. The van der Waals surface area contributed by atoms with Crippen molar-refractivity contribution in [3.63, 3.8) is 0 Å². The summed E-state index contributed by atoms with van der Waals surface area (Å²) in [5.41, 5.74) is 3.33. The molecule has 1 fully saturated rings. The quantitative estimate of drug-likeness (QED) is 0.630.